The largest absolute Gasteiger partial charge is 0.467 e. The Labute approximate surface area is 144 Å². The van der Waals surface area contributed by atoms with Crippen molar-refractivity contribution in [3.05, 3.63) is 30.6 Å². The van der Waals surface area contributed by atoms with Crippen LogP contribution in [0.1, 0.15) is 6.42 Å². The summed E-state index contributed by atoms with van der Waals surface area (Å²) < 4.78 is 11.1. The summed E-state index contributed by atoms with van der Waals surface area (Å²) in [5, 5.41) is 0.766. The maximum absolute atomic E-state index is 12.5. The van der Waals surface area contributed by atoms with E-state index in [0.29, 0.717) is 31.9 Å². The number of aromatic nitrogens is 2. The number of ether oxygens (including phenoxy) is 2. The number of benzene rings is 1. The summed E-state index contributed by atoms with van der Waals surface area (Å²) in [6, 6.07) is 7.47. The summed E-state index contributed by atoms with van der Waals surface area (Å²) in [6.45, 7) is 1.34. The summed E-state index contributed by atoms with van der Waals surface area (Å²) in [6.07, 6.45) is 1.73. The molecule has 8 nitrogen and oxygen atoms in total. The fourth-order valence-corrected chi connectivity index (χ4v) is 3.38. The first-order chi connectivity index (χ1) is 12.1. The zero-order valence-electron chi connectivity index (χ0n) is 13.8. The number of carbonyl (C=O) groups is 2. The molecular formula is C17H18N4O4. The summed E-state index contributed by atoms with van der Waals surface area (Å²) in [4.78, 5) is 35.6. The number of carbonyl (C=O) groups excluding carboxylic acids is 2. The fourth-order valence-electron chi connectivity index (χ4n) is 3.38. The SMILES string of the molecule is CN1CC2(CCN(C(=O)COc3ncnc4ccccc34)C2)OC1=O. The quantitative estimate of drug-likeness (QED) is 0.829. The standard InChI is InChI=1S/C17H18N4O4/c1-20-9-17(25-16(20)23)6-7-21(10-17)14(22)8-24-15-12-4-2-3-5-13(12)18-11-19-15/h2-5,11H,6-10H2,1H3. The molecule has 0 bridgehead atoms. The minimum Gasteiger partial charge on any atom is -0.467 e. The van der Waals surface area contributed by atoms with Crippen molar-refractivity contribution in [2.24, 2.45) is 0 Å². The van der Waals surface area contributed by atoms with Crippen LogP contribution in [0.3, 0.4) is 0 Å². The molecule has 1 spiro atoms. The van der Waals surface area contributed by atoms with Crippen LogP contribution in [-0.4, -0.2) is 70.7 Å². The van der Waals surface area contributed by atoms with Gasteiger partial charge in [0, 0.05) is 20.0 Å². The molecule has 2 aliphatic rings. The smallest absolute Gasteiger partial charge is 0.410 e. The van der Waals surface area contributed by atoms with E-state index in [1.165, 1.54) is 11.2 Å². The predicted molar refractivity (Wildman–Crippen MR) is 88.1 cm³/mol. The number of hydrogen-bond donors (Lipinski definition) is 0. The molecule has 1 aromatic carbocycles. The highest BCUT2D eigenvalue weighted by atomic mass is 16.6. The molecule has 2 fully saturated rings. The number of para-hydroxylation sites is 1. The van der Waals surface area contributed by atoms with E-state index in [1.54, 1.807) is 11.9 Å². The second kappa shape index (κ2) is 5.87. The third kappa shape index (κ3) is 2.84. The molecule has 130 valence electrons. The first-order valence-electron chi connectivity index (χ1n) is 8.11. The minimum absolute atomic E-state index is 0.110. The molecule has 0 N–H and O–H groups in total. The Morgan fingerprint density at radius 3 is 2.96 bits per heavy atom. The van der Waals surface area contributed by atoms with Gasteiger partial charge in [-0.3, -0.25) is 4.79 Å². The van der Waals surface area contributed by atoms with Gasteiger partial charge in [0.2, 0.25) is 5.88 Å². The Morgan fingerprint density at radius 2 is 2.16 bits per heavy atom. The van der Waals surface area contributed by atoms with Crippen LogP contribution in [0.15, 0.2) is 30.6 Å². The van der Waals surface area contributed by atoms with E-state index in [2.05, 4.69) is 9.97 Å². The lowest BCUT2D eigenvalue weighted by Crippen LogP contribution is -2.40. The van der Waals surface area contributed by atoms with Crippen molar-refractivity contribution >= 4 is 22.9 Å². The van der Waals surface area contributed by atoms with Gasteiger partial charge in [-0.05, 0) is 12.1 Å². The van der Waals surface area contributed by atoms with Crippen molar-refractivity contribution in [3.63, 3.8) is 0 Å². The van der Waals surface area contributed by atoms with Crippen LogP contribution in [0.5, 0.6) is 5.88 Å². The third-order valence-corrected chi connectivity index (χ3v) is 4.65. The zero-order chi connectivity index (χ0) is 17.4. The maximum atomic E-state index is 12.5. The first-order valence-corrected chi connectivity index (χ1v) is 8.11. The van der Waals surface area contributed by atoms with Crippen molar-refractivity contribution in [1.82, 2.24) is 19.8 Å². The van der Waals surface area contributed by atoms with Crippen molar-refractivity contribution in [3.8, 4) is 5.88 Å². The van der Waals surface area contributed by atoms with E-state index >= 15 is 0 Å². The van der Waals surface area contributed by atoms with E-state index in [-0.39, 0.29) is 18.6 Å². The highest BCUT2D eigenvalue weighted by Gasteiger charge is 2.49. The van der Waals surface area contributed by atoms with Crippen LogP contribution in [0, 0.1) is 0 Å². The zero-order valence-corrected chi connectivity index (χ0v) is 13.8. The van der Waals surface area contributed by atoms with Gasteiger partial charge in [-0.2, -0.15) is 0 Å². The molecule has 2 aromatic rings. The van der Waals surface area contributed by atoms with E-state index < -0.39 is 5.60 Å². The number of hydrogen-bond acceptors (Lipinski definition) is 6. The Hall–Kier alpha value is -2.90. The van der Waals surface area contributed by atoms with Gasteiger partial charge >= 0.3 is 6.09 Å². The lowest BCUT2D eigenvalue weighted by atomic mass is 10.0. The normalized spacial score (nSPS) is 22.7. The first kappa shape index (κ1) is 15.6. The van der Waals surface area contributed by atoms with Gasteiger partial charge in [0.15, 0.2) is 12.2 Å². The summed E-state index contributed by atoms with van der Waals surface area (Å²) in [7, 11) is 1.70. The van der Waals surface area contributed by atoms with Gasteiger partial charge in [-0.1, -0.05) is 12.1 Å². The Bertz CT molecular complexity index is 837. The highest BCUT2D eigenvalue weighted by molar-refractivity contribution is 5.84. The topological polar surface area (TPSA) is 84.9 Å². The number of likely N-dealkylation sites (N-methyl/N-ethyl adjacent to an activating group) is 1. The van der Waals surface area contributed by atoms with Gasteiger partial charge in [-0.15, -0.1) is 0 Å². The third-order valence-electron chi connectivity index (χ3n) is 4.65. The second-order valence-electron chi connectivity index (χ2n) is 6.46. The van der Waals surface area contributed by atoms with Gasteiger partial charge in [0.05, 0.1) is 24.0 Å². The average Bonchev–Trinajstić information content (AvgIpc) is 3.15. The van der Waals surface area contributed by atoms with Crippen LogP contribution in [0.25, 0.3) is 10.9 Å². The Kier molecular flexibility index (Phi) is 3.67. The molecule has 2 saturated heterocycles. The molecule has 8 heteroatoms. The molecule has 2 aliphatic heterocycles. The molecule has 3 heterocycles. The number of amides is 2. The molecule has 1 atom stereocenters. The van der Waals surface area contributed by atoms with Crippen LogP contribution in [0.4, 0.5) is 4.79 Å². The van der Waals surface area contributed by atoms with E-state index in [9.17, 15) is 9.59 Å². The molecule has 25 heavy (non-hydrogen) atoms. The number of fused-ring (bicyclic) bond motifs is 1. The molecule has 4 rings (SSSR count). The molecule has 0 aliphatic carbocycles. The van der Waals surface area contributed by atoms with Gasteiger partial charge in [0.25, 0.3) is 5.91 Å². The van der Waals surface area contributed by atoms with E-state index in [1.807, 2.05) is 24.3 Å². The highest BCUT2D eigenvalue weighted by Crippen LogP contribution is 2.31. The lowest BCUT2D eigenvalue weighted by Gasteiger charge is -2.21. The summed E-state index contributed by atoms with van der Waals surface area (Å²) in [5.41, 5.74) is 0.185. The number of rotatable bonds is 3. The van der Waals surface area contributed by atoms with Crippen molar-refractivity contribution in [2.75, 3.05) is 33.3 Å². The fraction of sp³-hybridized carbons (Fsp3) is 0.412. The van der Waals surface area contributed by atoms with Crippen LogP contribution >= 0.6 is 0 Å². The molecular weight excluding hydrogens is 324 g/mol. The van der Waals surface area contributed by atoms with Crippen molar-refractivity contribution in [2.45, 2.75) is 12.0 Å². The van der Waals surface area contributed by atoms with Gasteiger partial charge in [0.1, 0.15) is 6.33 Å². The van der Waals surface area contributed by atoms with Crippen LogP contribution < -0.4 is 4.74 Å². The molecule has 1 aromatic heterocycles. The van der Waals surface area contributed by atoms with E-state index in [0.717, 1.165) is 10.9 Å². The maximum Gasteiger partial charge on any atom is 0.410 e. The summed E-state index contributed by atoms with van der Waals surface area (Å²) >= 11 is 0. The predicted octanol–water partition coefficient (Wildman–Crippen LogP) is 1.06. The summed E-state index contributed by atoms with van der Waals surface area (Å²) in [5.74, 6) is 0.241. The van der Waals surface area contributed by atoms with Gasteiger partial charge in [-0.25, -0.2) is 14.8 Å². The Balaban J connectivity index is 1.41. The molecule has 2 amide bonds. The Morgan fingerprint density at radius 1 is 1.32 bits per heavy atom. The monoisotopic (exact) mass is 342 g/mol. The van der Waals surface area contributed by atoms with Crippen LogP contribution in [0.2, 0.25) is 0 Å². The molecule has 1 unspecified atom stereocenters. The van der Waals surface area contributed by atoms with Crippen molar-refractivity contribution < 1.29 is 19.1 Å². The second-order valence-corrected chi connectivity index (χ2v) is 6.46. The van der Waals surface area contributed by atoms with Crippen LogP contribution in [-0.2, 0) is 9.53 Å². The molecule has 0 saturated carbocycles. The van der Waals surface area contributed by atoms with Gasteiger partial charge < -0.3 is 19.3 Å². The van der Waals surface area contributed by atoms with E-state index in [4.69, 9.17) is 9.47 Å². The minimum atomic E-state index is -0.580. The molecule has 0 radical (unpaired) electrons. The lowest BCUT2D eigenvalue weighted by molar-refractivity contribution is -0.133. The number of likely N-dealkylation sites (tertiary alicyclic amines) is 1. The number of nitrogens with zero attached hydrogens (tertiary/aromatic N) is 4. The van der Waals surface area contributed by atoms with Crippen molar-refractivity contribution in [1.29, 1.82) is 0 Å². The average molecular weight is 342 g/mol.